The van der Waals surface area contributed by atoms with Gasteiger partial charge >= 0.3 is 12.1 Å². The molecule has 2 aromatic carbocycles. The molecule has 0 aromatic heterocycles. The highest BCUT2D eigenvalue weighted by atomic mass is 35.5. The molecule has 0 aliphatic heterocycles. The molecular weight excluding hydrogens is 460 g/mol. The molecule has 1 saturated carbocycles. The highest BCUT2D eigenvalue weighted by Gasteiger charge is 2.25. The summed E-state index contributed by atoms with van der Waals surface area (Å²) >= 11 is 6.00. The predicted octanol–water partition coefficient (Wildman–Crippen LogP) is 4.64. The second kappa shape index (κ2) is 13.0. The number of amides is 2. The highest BCUT2D eigenvalue weighted by molar-refractivity contribution is 6.30. The van der Waals surface area contributed by atoms with Crippen LogP contribution in [0, 0.1) is 11.8 Å². The van der Waals surface area contributed by atoms with Gasteiger partial charge in [-0.1, -0.05) is 29.8 Å². The summed E-state index contributed by atoms with van der Waals surface area (Å²) in [5, 5.41) is 11.4. The molecule has 3 rings (SSSR count). The number of para-hydroxylation sites is 1. The molecule has 0 atom stereocenters. The molecule has 0 saturated heterocycles. The van der Waals surface area contributed by atoms with Crippen LogP contribution in [0.25, 0.3) is 0 Å². The van der Waals surface area contributed by atoms with Gasteiger partial charge < -0.3 is 19.9 Å². The molecule has 1 fully saturated rings. The van der Waals surface area contributed by atoms with E-state index < -0.39 is 24.5 Å². The molecule has 182 valence electrons. The number of carboxylic acids is 1. The summed E-state index contributed by atoms with van der Waals surface area (Å²) in [4.78, 5) is 36.5. The van der Waals surface area contributed by atoms with Crippen LogP contribution in [0.5, 0.6) is 0 Å². The second-order valence-electron chi connectivity index (χ2n) is 8.30. The van der Waals surface area contributed by atoms with E-state index in [2.05, 4.69) is 5.32 Å². The van der Waals surface area contributed by atoms with E-state index in [0.717, 1.165) is 25.7 Å². The molecule has 2 N–H and O–H groups in total. The minimum absolute atomic E-state index is 0.148. The Labute approximate surface area is 203 Å². The summed E-state index contributed by atoms with van der Waals surface area (Å²) in [5.74, 6) is -0.935. The Hall–Kier alpha value is -3.10. The van der Waals surface area contributed by atoms with Crippen LogP contribution in [-0.2, 0) is 19.1 Å². The fourth-order valence-electron chi connectivity index (χ4n) is 3.89. The third kappa shape index (κ3) is 8.04. The van der Waals surface area contributed by atoms with Crippen molar-refractivity contribution in [1.29, 1.82) is 0 Å². The number of nitrogens with one attached hydrogen (secondary N) is 1. The van der Waals surface area contributed by atoms with Crippen molar-refractivity contribution < 1.29 is 29.0 Å². The van der Waals surface area contributed by atoms with Crippen LogP contribution < -0.4 is 10.2 Å². The Bertz CT molecular complexity index is 946. The van der Waals surface area contributed by atoms with Crippen LogP contribution in [0.1, 0.15) is 25.7 Å². The Morgan fingerprint density at radius 3 is 2.12 bits per heavy atom. The molecule has 34 heavy (non-hydrogen) atoms. The van der Waals surface area contributed by atoms with Gasteiger partial charge in [-0.2, -0.15) is 0 Å². The average molecular weight is 489 g/mol. The molecule has 0 heterocycles. The van der Waals surface area contributed by atoms with Crippen molar-refractivity contribution in [3.63, 3.8) is 0 Å². The number of ether oxygens (including phenoxy) is 2. The van der Waals surface area contributed by atoms with Crippen LogP contribution in [0.4, 0.5) is 16.2 Å². The molecule has 0 unspecified atom stereocenters. The first-order valence-corrected chi connectivity index (χ1v) is 11.6. The van der Waals surface area contributed by atoms with E-state index >= 15 is 0 Å². The topological polar surface area (TPSA) is 105 Å². The van der Waals surface area contributed by atoms with Gasteiger partial charge in [-0.25, -0.2) is 9.69 Å². The van der Waals surface area contributed by atoms with Gasteiger partial charge in [0.15, 0.2) is 0 Å². The summed E-state index contributed by atoms with van der Waals surface area (Å²) < 4.78 is 11.1. The van der Waals surface area contributed by atoms with Gasteiger partial charge in [0.25, 0.3) is 0 Å². The van der Waals surface area contributed by atoms with Crippen molar-refractivity contribution in [1.82, 2.24) is 5.32 Å². The number of benzene rings is 2. The van der Waals surface area contributed by atoms with E-state index in [1.54, 1.807) is 24.3 Å². The van der Waals surface area contributed by atoms with E-state index in [1.165, 1.54) is 4.90 Å². The molecule has 1 aliphatic rings. The summed E-state index contributed by atoms with van der Waals surface area (Å²) in [6.07, 6.45) is 3.20. The number of hydrogen-bond donors (Lipinski definition) is 2. The molecule has 8 nitrogen and oxygen atoms in total. The van der Waals surface area contributed by atoms with Gasteiger partial charge in [-0.3, -0.25) is 9.59 Å². The van der Waals surface area contributed by atoms with Gasteiger partial charge in [0, 0.05) is 5.02 Å². The second-order valence-corrected chi connectivity index (χ2v) is 8.73. The number of aliphatic carboxylic acids is 1. The lowest BCUT2D eigenvalue weighted by molar-refractivity contribution is -0.138. The summed E-state index contributed by atoms with van der Waals surface area (Å²) in [5.41, 5.74) is 1.39. The first-order valence-electron chi connectivity index (χ1n) is 11.3. The maximum absolute atomic E-state index is 13.0. The summed E-state index contributed by atoms with van der Waals surface area (Å²) in [6, 6.07) is 16.4. The Morgan fingerprint density at radius 2 is 1.50 bits per heavy atom. The molecule has 0 spiro atoms. The van der Waals surface area contributed by atoms with Crippen LogP contribution >= 0.6 is 11.6 Å². The monoisotopic (exact) mass is 488 g/mol. The lowest BCUT2D eigenvalue weighted by Crippen LogP contribution is -2.33. The predicted molar refractivity (Wildman–Crippen MR) is 128 cm³/mol. The maximum atomic E-state index is 13.0. The number of rotatable bonds is 10. The lowest BCUT2D eigenvalue weighted by Gasteiger charge is -2.29. The molecule has 9 heteroatoms. The van der Waals surface area contributed by atoms with E-state index in [9.17, 15) is 14.4 Å². The highest BCUT2D eigenvalue weighted by Crippen LogP contribution is 2.31. The van der Waals surface area contributed by atoms with Crippen molar-refractivity contribution in [2.24, 2.45) is 11.8 Å². The number of hydrogen-bond acceptors (Lipinski definition) is 5. The van der Waals surface area contributed by atoms with Crippen LogP contribution in [0.15, 0.2) is 54.6 Å². The van der Waals surface area contributed by atoms with E-state index in [4.69, 9.17) is 26.2 Å². The average Bonchev–Trinajstić information content (AvgIpc) is 2.84. The van der Waals surface area contributed by atoms with Crippen molar-refractivity contribution >= 4 is 40.9 Å². The Kier molecular flexibility index (Phi) is 9.73. The number of carboxylic acid groups (broad SMARTS) is 1. The van der Waals surface area contributed by atoms with Gasteiger partial charge in [-0.15, -0.1) is 0 Å². The van der Waals surface area contributed by atoms with Crippen LogP contribution in [-0.4, -0.2) is 49.4 Å². The minimum Gasteiger partial charge on any atom is -0.480 e. The van der Waals surface area contributed by atoms with E-state index in [-0.39, 0.29) is 12.5 Å². The quantitative estimate of drug-likeness (QED) is 0.504. The Morgan fingerprint density at radius 1 is 0.912 bits per heavy atom. The number of carbonyl (C=O) groups is 3. The molecule has 2 aromatic rings. The third-order valence-corrected chi connectivity index (χ3v) is 5.97. The van der Waals surface area contributed by atoms with Crippen molar-refractivity contribution in [3.8, 4) is 0 Å². The largest absolute Gasteiger partial charge is 0.480 e. The minimum atomic E-state index is -1.09. The van der Waals surface area contributed by atoms with Crippen molar-refractivity contribution in [2.45, 2.75) is 25.7 Å². The molecular formula is C25H29ClN2O6. The van der Waals surface area contributed by atoms with Crippen molar-refractivity contribution in [2.75, 3.05) is 31.3 Å². The number of nitrogens with zero attached hydrogens (tertiary/aromatic N) is 1. The van der Waals surface area contributed by atoms with Gasteiger partial charge in [0.2, 0.25) is 5.91 Å². The van der Waals surface area contributed by atoms with Gasteiger partial charge in [-0.05, 0) is 73.9 Å². The number of anilines is 2. The number of halogens is 1. The number of carbonyl (C=O) groups excluding carboxylic acids is 2. The zero-order chi connectivity index (χ0) is 24.3. The maximum Gasteiger partial charge on any atom is 0.418 e. The fourth-order valence-corrected chi connectivity index (χ4v) is 4.02. The van der Waals surface area contributed by atoms with Crippen molar-refractivity contribution in [3.05, 3.63) is 59.6 Å². The zero-order valence-electron chi connectivity index (χ0n) is 18.8. The van der Waals surface area contributed by atoms with Gasteiger partial charge in [0.1, 0.15) is 13.2 Å². The molecule has 1 aliphatic carbocycles. The lowest BCUT2D eigenvalue weighted by atomic mass is 9.83. The summed E-state index contributed by atoms with van der Waals surface area (Å²) in [7, 11) is 0. The normalized spacial score (nSPS) is 17.6. The fraction of sp³-hybridized carbons (Fsp3) is 0.400. The first-order chi connectivity index (χ1) is 16.4. The third-order valence-electron chi connectivity index (χ3n) is 5.71. The first kappa shape index (κ1) is 25.5. The van der Waals surface area contributed by atoms with E-state index in [0.29, 0.717) is 35.5 Å². The van der Waals surface area contributed by atoms with Gasteiger partial charge in [0.05, 0.1) is 24.6 Å². The Balaban J connectivity index is 1.44. The van der Waals surface area contributed by atoms with E-state index in [1.807, 2.05) is 30.3 Å². The molecule has 2 amide bonds. The molecule has 0 radical (unpaired) electrons. The smallest absolute Gasteiger partial charge is 0.418 e. The van der Waals surface area contributed by atoms with Crippen LogP contribution in [0.2, 0.25) is 5.02 Å². The molecule has 0 bridgehead atoms. The zero-order valence-corrected chi connectivity index (χ0v) is 19.6. The van der Waals surface area contributed by atoms with Crippen LogP contribution in [0.3, 0.4) is 0 Å². The summed E-state index contributed by atoms with van der Waals surface area (Å²) in [6.45, 7) is 0.225. The SMILES string of the molecule is O=C(O)CNC(=O)COC[C@H]1CC[C@H](COC(=O)N(c2ccccc2)c2ccc(Cl)cc2)CC1. The standard InChI is InChI=1S/C25H29ClN2O6/c26-20-10-12-22(13-11-20)28(21-4-2-1-3-5-21)25(32)34-16-19-8-6-18(7-9-19)15-33-17-23(29)27-14-24(30)31/h1-5,10-13,18-19H,6-9,14-17H2,(H,27,29)(H,30,31)/t18-,19-.